The SMILES string of the molecule is CC(=O)NC1C(OCCCCC(=O)NCCCCCC(=O)N2CC(C(C)(C)C)C[C@H]2COP(=O)(O)O[C@@H]2C[C@@H](COP(=O)(O)O[C@@H]3C[C@@H](CO)N(C(=O)CCCCCNC(=O)CCCCOC4OC(CO)C(O)C(O)C4NC(C)=O)C3)N(C(=O)CCCCCNC(=O)CCCCOC3OC(CO)C(O)C(O)C3NC(C)=O)C2)OC(CO)C(O)C1O. The molecule has 18 unspecified atom stereocenters. The summed E-state index contributed by atoms with van der Waals surface area (Å²) < 4.78 is 84.2. The van der Waals surface area contributed by atoms with E-state index in [4.69, 9.17) is 46.5 Å². The van der Waals surface area contributed by atoms with E-state index >= 15 is 0 Å². The highest BCUT2D eigenvalue weighted by molar-refractivity contribution is 7.47. The zero-order valence-electron chi connectivity index (χ0n) is 69.9. The molecule has 0 aliphatic carbocycles. The number of hydrogen-bond donors (Lipinski definition) is 18. The molecule has 692 valence electrons. The molecular formula is C76H135N9O33P2. The van der Waals surface area contributed by atoms with Crippen LogP contribution in [0.2, 0.25) is 0 Å². The van der Waals surface area contributed by atoms with Crippen LogP contribution in [-0.4, -0.2) is 350 Å². The Bertz CT molecular complexity index is 3280. The molecule has 18 N–H and O–H groups in total. The van der Waals surface area contributed by atoms with Crippen molar-refractivity contribution in [2.45, 2.75) is 318 Å². The van der Waals surface area contributed by atoms with E-state index in [1.54, 1.807) is 4.90 Å². The van der Waals surface area contributed by atoms with Crippen molar-refractivity contribution in [3.8, 4) is 0 Å². The minimum absolute atomic E-state index is 0.0176. The molecule has 0 aromatic rings. The highest BCUT2D eigenvalue weighted by atomic mass is 31.2. The maximum Gasteiger partial charge on any atom is 0.472 e. The molecule has 6 saturated heterocycles. The number of likely N-dealkylation sites (tertiary alicyclic amines) is 3. The smallest absolute Gasteiger partial charge is 0.394 e. The second-order valence-electron chi connectivity index (χ2n) is 32.8. The second kappa shape index (κ2) is 52.1. The van der Waals surface area contributed by atoms with Gasteiger partial charge in [0.15, 0.2) is 18.9 Å². The van der Waals surface area contributed by atoms with Crippen LogP contribution in [-0.2, 0) is 98.8 Å². The molecule has 6 rings (SSSR count). The minimum Gasteiger partial charge on any atom is -0.394 e. The number of carbonyl (C=O) groups is 9. The number of ether oxygens (including phenoxy) is 6. The Labute approximate surface area is 700 Å². The van der Waals surface area contributed by atoms with E-state index in [1.807, 2.05) is 20.8 Å². The Kier molecular flexibility index (Phi) is 44.9. The molecule has 6 aliphatic heterocycles. The lowest BCUT2D eigenvalue weighted by atomic mass is 9.79. The largest absolute Gasteiger partial charge is 0.472 e. The Balaban J connectivity index is 0.950. The first kappa shape index (κ1) is 104. The molecule has 0 aromatic carbocycles. The summed E-state index contributed by atoms with van der Waals surface area (Å²) in [6.07, 6.45) is -10.3. The molecule has 120 heavy (non-hydrogen) atoms. The van der Waals surface area contributed by atoms with Crippen molar-refractivity contribution in [3.63, 3.8) is 0 Å². The second-order valence-corrected chi connectivity index (χ2v) is 35.6. The van der Waals surface area contributed by atoms with Gasteiger partial charge in [-0.1, -0.05) is 40.0 Å². The molecule has 23 atom stereocenters. The Morgan fingerprint density at radius 2 is 0.692 bits per heavy atom. The van der Waals surface area contributed by atoms with Crippen LogP contribution in [0.5, 0.6) is 0 Å². The average Bonchev–Trinajstić information content (AvgIpc) is 1.24. The highest BCUT2D eigenvalue weighted by Gasteiger charge is 2.50. The van der Waals surface area contributed by atoms with Crippen molar-refractivity contribution < 1.29 is 160 Å². The van der Waals surface area contributed by atoms with Gasteiger partial charge in [0.2, 0.25) is 53.2 Å². The van der Waals surface area contributed by atoms with Crippen molar-refractivity contribution in [3.05, 3.63) is 0 Å². The van der Waals surface area contributed by atoms with E-state index in [-0.39, 0.29) is 138 Å². The van der Waals surface area contributed by atoms with Crippen LogP contribution in [0, 0.1) is 11.3 Å². The fourth-order valence-electron chi connectivity index (χ4n) is 15.4. The van der Waals surface area contributed by atoms with Gasteiger partial charge in [-0.3, -0.25) is 61.2 Å². The number of aliphatic hydroxyl groups is 10. The maximum absolute atomic E-state index is 14.1. The van der Waals surface area contributed by atoms with E-state index in [0.717, 1.165) is 0 Å². The van der Waals surface area contributed by atoms with Crippen LogP contribution in [0.25, 0.3) is 0 Å². The summed E-state index contributed by atoms with van der Waals surface area (Å²) in [4.78, 5) is 142. The van der Waals surface area contributed by atoms with Crippen LogP contribution in [0.1, 0.15) is 196 Å². The molecule has 9 amide bonds. The number of phosphoric acid groups is 2. The molecule has 6 heterocycles. The normalized spacial score (nSPS) is 30.0. The van der Waals surface area contributed by atoms with Crippen LogP contribution in [0.3, 0.4) is 0 Å². The monoisotopic (exact) mass is 1760 g/mol. The molecule has 0 bridgehead atoms. The lowest BCUT2D eigenvalue weighted by molar-refractivity contribution is -0.270. The summed E-state index contributed by atoms with van der Waals surface area (Å²) in [5.41, 5.74) is -0.269. The van der Waals surface area contributed by atoms with Gasteiger partial charge in [-0.05, 0) is 108 Å². The quantitative estimate of drug-likeness (QED) is 0.0228. The van der Waals surface area contributed by atoms with E-state index in [1.165, 1.54) is 30.6 Å². The van der Waals surface area contributed by atoms with E-state index in [9.17, 15) is 113 Å². The number of aliphatic hydroxyl groups excluding tert-OH is 10. The molecule has 0 spiro atoms. The van der Waals surface area contributed by atoms with Gasteiger partial charge >= 0.3 is 15.6 Å². The number of unbranched alkanes of at least 4 members (excludes halogenated alkanes) is 9. The maximum atomic E-state index is 14.1. The summed E-state index contributed by atoms with van der Waals surface area (Å²) in [6, 6.07) is -5.70. The van der Waals surface area contributed by atoms with Crippen molar-refractivity contribution in [2.24, 2.45) is 11.3 Å². The predicted molar refractivity (Wildman–Crippen MR) is 422 cm³/mol. The molecule has 6 aliphatic rings. The van der Waals surface area contributed by atoms with Gasteiger partial charge in [-0.25, -0.2) is 9.13 Å². The lowest BCUT2D eigenvalue weighted by Gasteiger charge is -2.42. The van der Waals surface area contributed by atoms with E-state index < -0.39 is 195 Å². The first-order valence-corrected chi connectivity index (χ1v) is 45.0. The predicted octanol–water partition coefficient (Wildman–Crippen LogP) is -2.13. The summed E-state index contributed by atoms with van der Waals surface area (Å²) >= 11 is 0. The molecular weight excluding hydrogens is 1630 g/mol. The van der Waals surface area contributed by atoms with E-state index in [2.05, 4.69) is 31.9 Å². The standard InChI is InChI=1S/C76H135N9O33P2/c1-46(90)80-64-70(102)67(99)55(41-87)114-73(64)109-31-19-13-22-58(93)77-28-16-7-10-25-61(96)83-37-49(76(4,5)6)34-51(83)44-112-119(105,106)118-54-36-52(85(39-54)63(98)27-12-9-18-30-79-60(95)24-15-21-33-111-75-66(82-48(3)92)72(104)69(101)57(43-89)116-75)45-113-120(107,108)117-53-35-50(40-86)84(38-53)62(97)26-11-8-17-29-78-59(94)23-14-20-32-110-74-65(81-47(2)91)71(103)68(100)56(42-88)115-74/h49-57,64-75,86-89,99-104H,7-45H2,1-6H3,(H,77,93)(H,78,94)(H,79,95)(H,80,90)(H,81,91)(H,82,92)(H,105,106)(H,107,108)/t49?,50-,51-,52-,53+,54+,55?,56?,57?,64?,65?,66?,67?,68?,69?,70?,71?,72?,73?,74?,75?/m0/s1. The molecule has 42 nitrogen and oxygen atoms in total. The molecule has 0 radical (unpaired) electrons. The van der Waals surface area contributed by atoms with Crippen LogP contribution in [0.15, 0.2) is 0 Å². The third kappa shape index (κ3) is 34.6. The zero-order valence-corrected chi connectivity index (χ0v) is 71.7. The first-order valence-electron chi connectivity index (χ1n) is 42.0. The topological polar surface area (TPSA) is 605 Å². The molecule has 6 fully saturated rings. The third-order valence-electron chi connectivity index (χ3n) is 22.1. The number of carbonyl (C=O) groups excluding carboxylic acids is 9. The summed E-state index contributed by atoms with van der Waals surface area (Å²) in [7, 11) is -9.98. The third-order valence-corrected chi connectivity index (χ3v) is 24.2. The van der Waals surface area contributed by atoms with Crippen LogP contribution in [0.4, 0.5) is 0 Å². The van der Waals surface area contributed by atoms with Crippen molar-refractivity contribution >= 4 is 68.8 Å². The number of hydrogen-bond acceptors (Lipinski definition) is 31. The number of nitrogens with zero attached hydrogens (tertiary/aromatic N) is 3. The van der Waals surface area contributed by atoms with Gasteiger partial charge in [0.1, 0.15) is 73.1 Å². The van der Waals surface area contributed by atoms with Gasteiger partial charge in [-0.2, -0.15) is 0 Å². The van der Waals surface area contributed by atoms with Gasteiger partial charge in [0.05, 0.1) is 70.0 Å². The van der Waals surface area contributed by atoms with Gasteiger partial charge in [0, 0.05) is 118 Å². The average molecular weight is 1760 g/mol. The molecule has 0 aromatic heterocycles. The Morgan fingerprint density at radius 3 is 1.00 bits per heavy atom. The van der Waals surface area contributed by atoms with Crippen molar-refractivity contribution in [1.82, 2.24) is 46.6 Å². The lowest BCUT2D eigenvalue weighted by Crippen LogP contribution is -2.64. The molecule has 44 heteroatoms. The number of phosphoric ester groups is 2. The Morgan fingerprint density at radius 1 is 0.392 bits per heavy atom. The fraction of sp³-hybridized carbons (Fsp3) is 0.882. The van der Waals surface area contributed by atoms with Gasteiger partial charge in [-0.15, -0.1) is 0 Å². The number of rotatable bonds is 53. The summed E-state index contributed by atoms with van der Waals surface area (Å²) in [5.74, 6) is -3.20. The van der Waals surface area contributed by atoms with Crippen LogP contribution >= 0.6 is 15.6 Å². The van der Waals surface area contributed by atoms with Gasteiger partial charge < -0.3 is 136 Å². The summed E-state index contributed by atoms with van der Waals surface area (Å²) in [5, 5.41) is 117. The first-order chi connectivity index (χ1) is 56.9. The minimum atomic E-state index is -5.00. The summed E-state index contributed by atoms with van der Waals surface area (Å²) in [6.45, 7) is 7.56. The van der Waals surface area contributed by atoms with Crippen LogP contribution < -0.4 is 31.9 Å². The highest BCUT2D eigenvalue weighted by Crippen LogP contribution is 2.50. The Hall–Kier alpha value is -5.19. The van der Waals surface area contributed by atoms with Gasteiger partial charge in [0.25, 0.3) is 0 Å². The number of amides is 9. The molecule has 0 saturated carbocycles. The fourth-order valence-corrected chi connectivity index (χ4v) is 17.3. The number of nitrogens with one attached hydrogen (secondary N) is 6. The zero-order chi connectivity index (χ0) is 88.4. The van der Waals surface area contributed by atoms with Crippen molar-refractivity contribution in [1.29, 1.82) is 0 Å². The van der Waals surface area contributed by atoms with E-state index in [0.29, 0.717) is 122 Å². The van der Waals surface area contributed by atoms with Crippen molar-refractivity contribution in [2.75, 3.05) is 98.7 Å².